The number of para-hydroxylation sites is 1. The zero-order chi connectivity index (χ0) is 24.4. The number of ether oxygens (including phenoxy) is 2. The number of nitrogens with one attached hydrogen (secondary N) is 1. The highest BCUT2D eigenvalue weighted by Crippen LogP contribution is 2.34. The first-order valence-electron chi connectivity index (χ1n) is 11.7. The molecule has 1 fully saturated rings. The van der Waals surface area contributed by atoms with Crippen molar-refractivity contribution in [3.8, 4) is 17.2 Å². The molecule has 4 aromatic rings. The molecule has 5 rings (SSSR count). The molecule has 1 N–H and O–H groups in total. The predicted octanol–water partition coefficient (Wildman–Crippen LogP) is 4.34. The summed E-state index contributed by atoms with van der Waals surface area (Å²) in [6.45, 7) is 4.01. The molecule has 0 spiro atoms. The predicted molar refractivity (Wildman–Crippen MR) is 138 cm³/mol. The molecule has 0 unspecified atom stereocenters. The zero-order valence-electron chi connectivity index (χ0n) is 20.2. The second kappa shape index (κ2) is 9.95. The number of fused-ring (bicyclic) bond motifs is 1. The van der Waals surface area contributed by atoms with Crippen LogP contribution in [-0.2, 0) is 11.3 Å². The van der Waals surface area contributed by atoms with Crippen LogP contribution in [0.25, 0.3) is 16.0 Å². The molecule has 35 heavy (non-hydrogen) atoms. The highest BCUT2D eigenvalue weighted by atomic mass is 32.1. The first kappa shape index (κ1) is 23.2. The van der Waals surface area contributed by atoms with Crippen LogP contribution in [-0.4, -0.2) is 48.0 Å². The van der Waals surface area contributed by atoms with E-state index >= 15 is 0 Å². The third-order valence-electron chi connectivity index (χ3n) is 6.40. The van der Waals surface area contributed by atoms with Crippen LogP contribution in [0.5, 0.6) is 11.5 Å². The SMILES string of the molecule is COc1ccc(-n2nc(C)c3sc(N4CCC[C@H](C(=O)NCc5ccccc5OC)C4)nc32)cc1. The van der Waals surface area contributed by atoms with Crippen molar-refractivity contribution in [2.45, 2.75) is 26.3 Å². The van der Waals surface area contributed by atoms with E-state index in [4.69, 9.17) is 19.6 Å². The van der Waals surface area contributed by atoms with Gasteiger partial charge in [0.15, 0.2) is 10.8 Å². The molecule has 182 valence electrons. The van der Waals surface area contributed by atoms with Crippen molar-refractivity contribution in [2.24, 2.45) is 5.92 Å². The minimum Gasteiger partial charge on any atom is -0.497 e. The van der Waals surface area contributed by atoms with Gasteiger partial charge >= 0.3 is 0 Å². The summed E-state index contributed by atoms with van der Waals surface area (Å²) < 4.78 is 13.6. The lowest BCUT2D eigenvalue weighted by molar-refractivity contribution is -0.125. The van der Waals surface area contributed by atoms with E-state index in [-0.39, 0.29) is 11.8 Å². The van der Waals surface area contributed by atoms with Crippen LogP contribution in [0.4, 0.5) is 5.13 Å². The number of aryl methyl sites for hydroxylation is 1. The number of rotatable bonds is 7. The summed E-state index contributed by atoms with van der Waals surface area (Å²) in [7, 11) is 3.30. The number of nitrogens with zero attached hydrogens (tertiary/aromatic N) is 4. The van der Waals surface area contributed by atoms with E-state index in [1.165, 1.54) is 0 Å². The Hall–Kier alpha value is -3.59. The van der Waals surface area contributed by atoms with Gasteiger partial charge in [-0.1, -0.05) is 29.5 Å². The van der Waals surface area contributed by atoms with E-state index in [0.29, 0.717) is 13.1 Å². The number of hydrogen-bond donors (Lipinski definition) is 1. The standard InChI is InChI=1S/C26H29N5O3S/c1-17-23-24(31(29-17)20-10-12-21(33-2)13-11-20)28-26(35-23)30-14-6-8-19(16-30)25(32)27-15-18-7-4-5-9-22(18)34-3/h4-5,7,9-13,19H,6,8,14-16H2,1-3H3,(H,27,32)/t19-/m0/s1. The molecule has 1 saturated heterocycles. The maximum absolute atomic E-state index is 13.0. The van der Waals surface area contributed by atoms with Crippen molar-refractivity contribution < 1.29 is 14.3 Å². The Morgan fingerprint density at radius 3 is 2.71 bits per heavy atom. The van der Waals surface area contributed by atoms with Crippen molar-refractivity contribution in [2.75, 3.05) is 32.2 Å². The molecule has 1 atom stereocenters. The van der Waals surface area contributed by atoms with E-state index in [9.17, 15) is 4.79 Å². The van der Waals surface area contributed by atoms with Gasteiger partial charge in [0.05, 0.1) is 36.2 Å². The molecule has 0 aliphatic carbocycles. The molecule has 1 aliphatic rings. The zero-order valence-corrected chi connectivity index (χ0v) is 21.0. The van der Waals surface area contributed by atoms with Crippen LogP contribution in [0.1, 0.15) is 24.1 Å². The number of aromatic nitrogens is 3. The molecular weight excluding hydrogens is 462 g/mol. The molecule has 0 saturated carbocycles. The van der Waals surface area contributed by atoms with Gasteiger partial charge < -0.3 is 19.7 Å². The molecule has 0 bridgehead atoms. The smallest absolute Gasteiger partial charge is 0.225 e. The summed E-state index contributed by atoms with van der Waals surface area (Å²) in [5.74, 6) is 1.58. The van der Waals surface area contributed by atoms with Gasteiger partial charge in [0.2, 0.25) is 5.91 Å². The third-order valence-corrected chi connectivity index (χ3v) is 7.62. The fourth-order valence-corrected chi connectivity index (χ4v) is 5.52. The summed E-state index contributed by atoms with van der Waals surface area (Å²) in [5, 5.41) is 8.74. The Morgan fingerprint density at radius 2 is 1.94 bits per heavy atom. The number of benzene rings is 2. The Kier molecular flexibility index (Phi) is 6.59. The molecular formula is C26H29N5O3S. The third kappa shape index (κ3) is 4.68. The van der Waals surface area contributed by atoms with Gasteiger partial charge in [-0.3, -0.25) is 4.79 Å². The summed E-state index contributed by atoms with van der Waals surface area (Å²) >= 11 is 1.64. The largest absolute Gasteiger partial charge is 0.497 e. The fourth-order valence-electron chi connectivity index (χ4n) is 4.50. The molecule has 2 aromatic heterocycles. The quantitative estimate of drug-likeness (QED) is 0.414. The number of carbonyl (C=O) groups excluding carboxylic acids is 1. The van der Waals surface area contributed by atoms with Gasteiger partial charge in [-0.15, -0.1) is 0 Å². The Balaban J connectivity index is 1.31. The lowest BCUT2D eigenvalue weighted by atomic mass is 9.97. The second-order valence-corrected chi connectivity index (χ2v) is 9.64. The number of thiazole rings is 1. The Bertz CT molecular complexity index is 1330. The monoisotopic (exact) mass is 491 g/mol. The number of amides is 1. The van der Waals surface area contributed by atoms with Gasteiger partial charge in [-0.25, -0.2) is 4.68 Å². The first-order chi connectivity index (χ1) is 17.1. The minimum absolute atomic E-state index is 0.0716. The van der Waals surface area contributed by atoms with E-state index in [2.05, 4.69) is 10.2 Å². The maximum atomic E-state index is 13.0. The second-order valence-electron chi connectivity index (χ2n) is 8.66. The van der Waals surface area contributed by atoms with Gasteiger partial charge in [-0.05, 0) is 50.1 Å². The molecule has 1 aliphatic heterocycles. The van der Waals surface area contributed by atoms with Crippen molar-refractivity contribution in [3.63, 3.8) is 0 Å². The van der Waals surface area contributed by atoms with Crippen LogP contribution in [0.3, 0.4) is 0 Å². The normalized spacial score (nSPS) is 15.9. The van der Waals surface area contributed by atoms with E-state index in [1.807, 2.05) is 60.1 Å². The van der Waals surface area contributed by atoms with Crippen molar-refractivity contribution in [1.82, 2.24) is 20.1 Å². The van der Waals surface area contributed by atoms with E-state index in [0.717, 1.165) is 63.3 Å². The summed E-state index contributed by atoms with van der Waals surface area (Å²) in [4.78, 5) is 20.2. The maximum Gasteiger partial charge on any atom is 0.225 e. The molecule has 3 heterocycles. The van der Waals surface area contributed by atoms with Gasteiger partial charge in [-0.2, -0.15) is 10.1 Å². The topological polar surface area (TPSA) is 81.5 Å². The fraction of sp³-hybridized carbons (Fsp3) is 0.346. The van der Waals surface area contributed by atoms with Crippen molar-refractivity contribution in [3.05, 3.63) is 59.8 Å². The van der Waals surface area contributed by atoms with Gasteiger partial charge in [0.1, 0.15) is 11.5 Å². The first-order valence-corrected chi connectivity index (χ1v) is 12.5. The molecule has 8 nitrogen and oxygen atoms in total. The molecule has 9 heteroatoms. The number of hydrogen-bond acceptors (Lipinski definition) is 7. The van der Waals surface area contributed by atoms with Crippen LogP contribution >= 0.6 is 11.3 Å². The summed E-state index contributed by atoms with van der Waals surface area (Å²) in [6.07, 6.45) is 1.82. The van der Waals surface area contributed by atoms with Crippen LogP contribution < -0.4 is 19.7 Å². The number of anilines is 1. The average Bonchev–Trinajstić information content (AvgIpc) is 3.48. The highest BCUT2D eigenvalue weighted by molar-refractivity contribution is 7.22. The summed E-state index contributed by atoms with van der Waals surface area (Å²) in [5.41, 5.74) is 3.70. The van der Waals surface area contributed by atoms with Crippen molar-refractivity contribution >= 4 is 32.7 Å². The molecule has 2 aromatic carbocycles. The molecule has 0 radical (unpaired) electrons. The van der Waals surface area contributed by atoms with Gasteiger partial charge in [0.25, 0.3) is 0 Å². The average molecular weight is 492 g/mol. The van der Waals surface area contributed by atoms with Crippen molar-refractivity contribution in [1.29, 1.82) is 0 Å². The van der Waals surface area contributed by atoms with Crippen LogP contribution in [0.2, 0.25) is 0 Å². The van der Waals surface area contributed by atoms with Crippen LogP contribution in [0.15, 0.2) is 48.5 Å². The minimum atomic E-state index is -0.0790. The highest BCUT2D eigenvalue weighted by Gasteiger charge is 2.28. The number of piperidine rings is 1. The summed E-state index contributed by atoms with van der Waals surface area (Å²) in [6, 6.07) is 15.6. The van der Waals surface area contributed by atoms with Gasteiger partial charge in [0, 0.05) is 25.2 Å². The van der Waals surface area contributed by atoms with E-state index < -0.39 is 0 Å². The molecule has 1 amide bonds. The number of carbonyl (C=O) groups is 1. The number of methoxy groups -OCH3 is 2. The van der Waals surface area contributed by atoms with Crippen LogP contribution in [0, 0.1) is 12.8 Å². The Morgan fingerprint density at radius 1 is 1.14 bits per heavy atom. The lowest BCUT2D eigenvalue weighted by Gasteiger charge is -2.31. The Labute approximate surface area is 208 Å². The van der Waals surface area contributed by atoms with E-state index in [1.54, 1.807) is 25.6 Å². The lowest BCUT2D eigenvalue weighted by Crippen LogP contribution is -2.43.